The van der Waals surface area contributed by atoms with E-state index in [1.807, 2.05) is 38.2 Å². The van der Waals surface area contributed by atoms with Gasteiger partial charge in [-0.25, -0.2) is 0 Å². The van der Waals surface area contributed by atoms with Crippen molar-refractivity contribution < 1.29 is 46.9 Å². The first kappa shape index (κ1) is 46.6. The summed E-state index contributed by atoms with van der Waals surface area (Å²) < 4.78 is 48.4. The topological polar surface area (TPSA) is 108 Å². The second-order valence-electron chi connectivity index (χ2n) is 15.4. The van der Waals surface area contributed by atoms with E-state index >= 15 is 0 Å². The average molecular weight is 719 g/mol. The largest absolute Gasteiger partial charge is 0.459 e. The predicted molar refractivity (Wildman–Crippen MR) is 197 cm³/mol. The van der Waals surface area contributed by atoms with Gasteiger partial charge in [-0.05, 0) is 75.8 Å². The summed E-state index contributed by atoms with van der Waals surface area (Å²) in [6.45, 7) is 29.0. The van der Waals surface area contributed by atoms with Crippen LogP contribution in [0.25, 0.3) is 0 Å². The number of allylic oxidation sites excluding steroid dienone is 2. The molecule has 0 rings (SSSR count). The van der Waals surface area contributed by atoms with Gasteiger partial charge in [0.25, 0.3) is 0 Å². The molecule has 0 saturated heterocycles. The van der Waals surface area contributed by atoms with Gasteiger partial charge in [0.1, 0.15) is 38.0 Å². The van der Waals surface area contributed by atoms with Crippen LogP contribution in [0.1, 0.15) is 94.9 Å². The Hall–Kier alpha value is -1.39. The summed E-state index contributed by atoms with van der Waals surface area (Å²) in [7, 11) is -1.54. The second-order valence-corrected chi connectivity index (χ2v) is 24.9. The van der Waals surface area contributed by atoms with Crippen molar-refractivity contribution in [3.05, 3.63) is 24.3 Å². The fraction of sp³-hybridized carbons (Fsp3) is 0.833. The van der Waals surface area contributed by atoms with Crippen LogP contribution in [-0.4, -0.2) is 93.0 Å². The highest BCUT2D eigenvalue weighted by atomic mass is 28.4. The van der Waals surface area contributed by atoms with Crippen LogP contribution in [0.5, 0.6) is 0 Å². The molecule has 12 heteroatoms. The zero-order chi connectivity index (χ0) is 37.3. The molecule has 282 valence electrons. The average Bonchev–Trinajstić information content (AvgIpc) is 2.94. The second kappa shape index (κ2) is 21.7. The standard InChI is InChI=1S/C36H70O10Si2/c1-17-19-29(41-25-39-11)31(43-27(3)37)21-23-33(45-47(13,14)35(5,6)7)34(46-48(15,16)36(8,9)10)24-22-32(44-28(4)38)30(20-18-2)42-26-40-12/h17-20,29-34H,21-26H2,1-16H3/b19-17+,20-18+/t29-,30-,31+,32+,33-,34-/m1/s1. The molecule has 0 amide bonds. The Morgan fingerprint density at radius 1 is 0.583 bits per heavy atom. The van der Waals surface area contributed by atoms with Crippen molar-refractivity contribution in [2.75, 3.05) is 27.8 Å². The van der Waals surface area contributed by atoms with E-state index in [0.29, 0.717) is 25.7 Å². The minimum Gasteiger partial charge on any atom is -0.459 e. The fourth-order valence-electron chi connectivity index (χ4n) is 4.66. The van der Waals surface area contributed by atoms with Gasteiger partial charge in [0.2, 0.25) is 0 Å². The van der Waals surface area contributed by atoms with Crippen molar-refractivity contribution in [3.8, 4) is 0 Å². The normalized spacial score (nSPS) is 17.2. The van der Waals surface area contributed by atoms with Crippen LogP contribution in [0.2, 0.25) is 36.3 Å². The lowest BCUT2D eigenvalue weighted by Gasteiger charge is -2.46. The molecular formula is C36H70O10Si2. The van der Waals surface area contributed by atoms with Crippen LogP contribution < -0.4 is 0 Å². The number of esters is 2. The molecule has 0 aliphatic carbocycles. The Morgan fingerprint density at radius 3 is 1.10 bits per heavy atom. The third-order valence-corrected chi connectivity index (χ3v) is 18.3. The minimum absolute atomic E-state index is 0.0594. The zero-order valence-electron chi connectivity index (χ0n) is 33.1. The van der Waals surface area contributed by atoms with E-state index in [-0.39, 0.29) is 47.8 Å². The molecule has 0 aromatic heterocycles. The molecule has 0 saturated carbocycles. The maximum absolute atomic E-state index is 12.3. The fourth-order valence-corrected chi connectivity index (χ4v) is 7.42. The number of rotatable bonds is 23. The summed E-state index contributed by atoms with van der Waals surface area (Å²) in [5.74, 6) is -0.775. The van der Waals surface area contributed by atoms with Crippen molar-refractivity contribution in [3.63, 3.8) is 0 Å². The van der Waals surface area contributed by atoms with Gasteiger partial charge < -0.3 is 37.3 Å². The first-order chi connectivity index (χ1) is 22.1. The molecule has 0 bridgehead atoms. The van der Waals surface area contributed by atoms with Gasteiger partial charge in [-0.1, -0.05) is 65.8 Å². The molecule has 6 atom stereocenters. The molecule has 0 aromatic rings. The van der Waals surface area contributed by atoms with Crippen LogP contribution in [0.3, 0.4) is 0 Å². The van der Waals surface area contributed by atoms with Crippen molar-refractivity contribution in [2.45, 2.75) is 168 Å². The maximum Gasteiger partial charge on any atom is 0.303 e. The number of hydrogen-bond acceptors (Lipinski definition) is 10. The molecule has 0 fully saturated rings. The number of ether oxygens (including phenoxy) is 6. The van der Waals surface area contributed by atoms with E-state index < -0.39 is 41.1 Å². The van der Waals surface area contributed by atoms with Crippen molar-refractivity contribution in [1.29, 1.82) is 0 Å². The summed E-state index contributed by atoms with van der Waals surface area (Å²) in [6.07, 6.45) is 6.74. The van der Waals surface area contributed by atoms with E-state index in [9.17, 15) is 9.59 Å². The molecule has 10 nitrogen and oxygen atoms in total. The summed E-state index contributed by atoms with van der Waals surface area (Å²) in [6, 6.07) is 0. The summed E-state index contributed by atoms with van der Waals surface area (Å²) in [5.41, 5.74) is 0. The summed E-state index contributed by atoms with van der Waals surface area (Å²) in [5, 5.41) is -0.134. The highest BCUT2D eigenvalue weighted by Crippen LogP contribution is 2.42. The van der Waals surface area contributed by atoms with Crippen LogP contribution in [-0.2, 0) is 46.9 Å². The molecule has 0 aliphatic heterocycles. The lowest BCUT2D eigenvalue weighted by Crippen LogP contribution is -2.52. The van der Waals surface area contributed by atoms with Gasteiger partial charge in [-0.3, -0.25) is 9.59 Å². The van der Waals surface area contributed by atoms with Gasteiger partial charge in [-0.2, -0.15) is 0 Å². The first-order valence-corrected chi connectivity index (χ1v) is 23.0. The van der Waals surface area contributed by atoms with Gasteiger partial charge in [0.05, 0.1) is 12.2 Å². The van der Waals surface area contributed by atoms with Crippen LogP contribution in [0.4, 0.5) is 0 Å². The highest BCUT2D eigenvalue weighted by molar-refractivity contribution is 6.74. The van der Waals surface area contributed by atoms with Crippen LogP contribution in [0, 0.1) is 0 Å². The molecular weight excluding hydrogens is 649 g/mol. The predicted octanol–water partition coefficient (Wildman–Crippen LogP) is 8.32. The van der Waals surface area contributed by atoms with E-state index in [1.165, 1.54) is 13.8 Å². The van der Waals surface area contributed by atoms with E-state index in [1.54, 1.807) is 14.2 Å². The van der Waals surface area contributed by atoms with Crippen LogP contribution in [0.15, 0.2) is 24.3 Å². The van der Waals surface area contributed by atoms with Crippen molar-refractivity contribution in [1.82, 2.24) is 0 Å². The summed E-state index contributed by atoms with van der Waals surface area (Å²) in [4.78, 5) is 24.6. The monoisotopic (exact) mass is 718 g/mol. The Morgan fingerprint density at radius 2 is 0.875 bits per heavy atom. The molecule has 0 unspecified atom stereocenters. The SMILES string of the molecule is C/C=C/[C@@H](OCOC)[C@H](CC[C@@H](O[Si](C)(C)C(C)(C)C)[C@@H](CC[C@H](OC(C)=O)[C@@H](/C=C/C)OCOC)O[Si](C)(C)C(C)(C)C)OC(C)=O. The quantitative estimate of drug-likeness (QED) is 0.0443. The van der Waals surface area contributed by atoms with Crippen molar-refractivity contribution >= 4 is 28.6 Å². The number of carbonyl (C=O) groups excluding carboxylic acids is 2. The minimum atomic E-state index is -2.33. The molecule has 0 radical (unpaired) electrons. The van der Waals surface area contributed by atoms with Crippen LogP contribution >= 0.6 is 0 Å². The zero-order valence-corrected chi connectivity index (χ0v) is 35.1. The number of hydrogen-bond donors (Lipinski definition) is 0. The number of carbonyl (C=O) groups is 2. The van der Waals surface area contributed by atoms with Gasteiger partial charge in [0, 0.05) is 28.1 Å². The van der Waals surface area contributed by atoms with E-state index in [4.69, 9.17) is 37.3 Å². The molecule has 0 aliphatic rings. The lowest BCUT2D eigenvalue weighted by molar-refractivity contribution is -0.161. The van der Waals surface area contributed by atoms with E-state index in [0.717, 1.165) is 0 Å². The number of methoxy groups -OCH3 is 2. The van der Waals surface area contributed by atoms with Gasteiger partial charge >= 0.3 is 11.9 Å². The Labute approximate surface area is 294 Å². The van der Waals surface area contributed by atoms with E-state index in [2.05, 4.69) is 67.7 Å². The lowest BCUT2D eigenvalue weighted by atomic mass is 9.97. The van der Waals surface area contributed by atoms with Gasteiger partial charge in [-0.15, -0.1) is 0 Å². The molecule has 0 N–H and O–H groups in total. The molecule has 0 spiro atoms. The smallest absolute Gasteiger partial charge is 0.303 e. The first-order valence-electron chi connectivity index (χ1n) is 17.2. The Kier molecular flexibility index (Phi) is 21.1. The third-order valence-electron chi connectivity index (χ3n) is 9.28. The Bertz CT molecular complexity index is 906. The van der Waals surface area contributed by atoms with Gasteiger partial charge in [0.15, 0.2) is 16.6 Å². The van der Waals surface area contributed by atoms with Crippen molar-refractivity contribution in [2.24, 2.45) is 0 Å². The maximum atomic E-state index is 12.3. The Balaban J connectivity index is 7.00. The molecule has 0 aromatic carbocycles. The highest BCUT2D eigenvalue weighted by Gasteiger charge is 2.45. The third kappa shape index (κ3) is 17.0. The molecule has 0 heterocycles. The summed E-state index contributed by atoms with van der Waals surface area (Å²) >= 11 is 0. The molecule has 48 heavy (non-hydrogen) atoms.